The van der Waals surface area contributed by atoms with Crippen LogP contribution in [-0.4, -0.2) is 37.1 Å². The van der Waals surface area contributed by atoms with Crippen molar-refractivity contribution in [3.8, 4) is 0 Å². The molecule has 0 heterocycles. The maximum Gasteiger partial charge on any atom is 0.338 e. The number of ether oxygens (including phenoxy) is 1. The number of rotatable bonds is 6. The Labute approximate surface area is 161 Å². The summed E-state index contributed by atoms with van der Waals surface area (Å²) in [6.07, 6.45) is 4.97. The first-order valence-electron chi connectivity index (χ1n) is 9.69. The van der Waals surface area contributed by atoms with Gasteiger partial charge in [0.1, 0.15) is 11.4 Å². The third-order valence-corrected chi connectivity index (χ3v) is 5.46. The van der Waals surface area contributed by atoms with Crippen molar-refractivity contribution in [2.45, 2.75) is 43.6 Å². The highest BCUT2D eigenvalue weighted by atomic mass is 19.1. The van der Waals surface area contributed by atoms with E-state index >= 15 is 0 Å². The largest absolute Gasteiger partial charge is 0.455 e. The van der Waals surface area contributed by atoms with Gasteiger partial charge in [0.25, 0.3) is 0 Å². The molecule has 144 valence electrons. The molecule has 2 aromatic carbocycles. The molecule has 2 aromatic rings. The summed E-state index contributed by atoms with van der Waals surface area (Å²) in [4.78, 5) is 15.0. The van der Waals surface area contributed by atoms with E-state index < -0.39 is 5.60 Å². The highest BCUT2D eigenvalue weighted by Gasteiger charge is 2.44. The molecule has 0 radical (unpaired) electrons. The molecule has 0 spiro atoms. The summed E-state index contributed by atoms with van der Waals surface area (Å²) in [7, 11) is 4.10. The van der Waals surface area contributed by atoms with Gasteiger partial charge in [-0.15, -0.1) is 0 Å². The number of likely N-dealkylation sites (N-methyl/N-ethyl adjacent to an activating group) is 1. The second kappa shape index (κ2) is 8.66. The zero-order valence-corrected chi connectivity index (χ0v) is 16.2. The summed E-state index contributed by atoms with van der Waals surface area (Å²) in [5.74, 6) is -0.622. The van der Waals surface area contributed by atoms with Gasteiger partial charge in [-0.2, -0.15) is 0 Å². The topological polar surface area (TPSA) is 29.5 Å². The van der Waals surface area contributed by atoms with Crippen LogP contribution in [0.5, 0.6) is 0 Å². The van der Waals surface area contributed by atoms with Crippen LogP contribution < -0.4 is 0 Å². The van der Waals surface area contributed by atoms with Crippen molar-refractivity contribution in [2.24, 2.45) is 0 Å². The van der Waals surface area contributed by atoms with Gasteiger partial charge in [0.2, 0.25) is 0 Å². The second-order valence-electron chi connectivity index (χ2n) is 7.75. The van der Waals surface area contributed by atoms with Gasteiger partial charge >= 0.3 is 5.97 Å². The van der Waals surface area contributed by atoms with Crippen LogP contribution in [0.3, 0.4) is 0 Å². The van der Waals surface area contributed by atoms with Gasteiger partial charge in [0, 0.05) is 12.5 Å². The lowest BCUT2D eigenvalue weighted by molar-refractivity contribution is -0.0575. The van der Waals surface area contributed by atoms with Gasteiger partial charge < -0.3 is 9.64 Å². The van der Waals surface area contributed by atoms with E-state index in [2.05, 4.69) is 17.0 Å². The van der Waals surface area contributed by atoms with Crippen LogP contribution in [0.15, 0.2) is 54.6 Å². The standard InChI is InChI=1S/C23H28FNO2/c1-25(2)17-21(18-9-5-3-6-10-18)23(15-7-4-8-16-23)27-22(26)19-11-13-20(24)14-12-19/h3,5-6,9-14,21H,4,7-8,15-17H2,1-2H3. The van der Waals surface area contributed by atoms with E-state index in [1.807, 2.05) is 32.3 Å². The van der Waals surface area contributed by atoms with Crippen LogP contribution in [0.4, 0.5) is 4.39 Å². The highest BCUT2D eigenvalue weighted by Crippen LogP contribution is 2.43. The second-order valence-corrected chi connectivity index (χ2v) is 7.75. The average molecular weight is 369 g/mol. The minimum absolute atomic E-state index is 0.0957. The van der Waals surface area contributed by atoms with Gasteiger partial charge in [0.15, 0.2) is 0 Å². The zero-order valence-electron chi connectivity index (χ0n) is 16.2. The molecule has 3 nitrogen and oxygen atoms in total. The average Bonchev–Trinajstić information content (AvgIpc) is 2.68. The number of esters is 1. The lowest BCUT2D eigenvalue weighted by Crippen LogP contribution is -2.46. The number of carbonyl (C=O) groups excluding carboxylic acids is 1. The smallest absolute Gasteiger partial charge is 0.338 e. The van der Waals surface area contributed by atoms with Gasteiger partial charge in [-0.25, -0.2) is 9.18 Å². The molecular weight excluding hydrogens is 341 g/mol. The fourth-order valence-corrected chi connectivity index (χ4v) is 4.13. The summed E-state index contributed by atoms with van der Waals surface area (Å²) in [5, 5.41) is 0. The van der Waals surface area contributed by atoms with E-state index in [0.717, 1.165) is 32.2 Å². The van der Waals surface area contributed by atoms with Crippen LogP contribution in [0.25, 0.3) is 0 Å². The molecule has 1 unspecified atom stereocenters. The van der Waals surface area contributed by atoms with E-state index in [4.69, 9.17) is 4.74 Å². The minimum atomic E-state index is -0.532. The molecule has 1 aliphatic carbocycles. The number of hydrogen-bond donors (Lipinski definition) is 0. The summed E-state index contributed by atoms with van der Waals surface area (Å²) < 4.78 is 19.5. The molecule has 1 fully saturated rings. The molecule has 0 aliphatic heterocycles. The Balaban J connectivity index is 1.94. The Kier molecular flexibility index (Phi) is 6.27. The molecule has 1 atom stereocenters. The van der Waals surface area contributed by atoms with E-state index in [1.165, 1.54) is 36.2 Å². The molecule has 0 bridgehead atoms. The van der Waals surface area contributed by atoms with Crippen molar-refractivity contribution in [1.29, 1.82) is 0 Å². The molecule has 4 heteroatoms. The molecule has 1 saturated carbocycles. The Morgan fingerprint density at radius 1 is 1.04 bits per heavy atom. The summed E-state index contributed by atoms with van der Waals surface area (Å²) in [6.45, 7) is 0.806. The lowest BCUT2D eigenvalue weighted by Gasteiger charge is -2.44. The summed E-state index contributed by atoms with van der Waals surface area (Å²) in [6, 6.07) is 15.9. The van der Waals surface area contributed by atoms with E-state index in [0.29, 0.717) is 5.56 Å². The number of halogens is 1. The van der Waals surface area contributed by atoms with Crippen LogP contribution in [0.2, 0.25) is 0 Å². The Bertz CT molecular complexity index is 737. The van der Waals surface area contributed by atoms with E-state index in [1.54, 1.807) is 0 Å². The van der Waals surface area contributed by atoms with Crippen LogP contribution in [0, 0.1) is 5.82 Å². The Hall–Kier alpha value is -2.20. The van der Waals surface area contributed by atoms with Gasteiger partial charge in [-0.1, -0.05) is 36.8 Å². The molecule has 3 rings (SSSR count). The first-order valence-corrected chi connectivity index (χ1v) is 9.69. The fraction of sp³-hybridized carbons (Fsp3) is 0.435. The molecule has 1 aliphatic rings. The van der Waals surface area contributed by atoms with E-state index in [9.17, 15) is 9.18 Å². The third-order valence-electron chi connectivity index (χ3n) is 5.46. The molecule has 27 heavy (non-hydrogen) atoms. The maximum atomic E-state index is 13.2. The normalized spacial score (nSPS) is 17.5. The zero-order chi connectivity index (χ0) is 19.3. The maximum absolute atomic E-state index is 13.2. The van der Waals surface area contributed by atoms with Crippen molar-refractivity contribution >= 4 is 5.97 Å². The Morgan fingerprint density at radius 2 is 1.67 bits per heavy atom. The molecule has 0 aromatic heterocycles. The molecule has 0 saturated heterocycles. The molecule has 0 amide bonds. The van der Waals surface area contributed by atoms with Gasteiger partial charge in [-0.05, 0) is 69.6 Å². The van der Waals surface area contributed by atoms with Crippen molar-refractivity contribution in [3.05, 3.63) is 71.5 Å². The first kappa shape index (κ1) is 19.6. The van der Waals surface area contributed by atoms with E-state index in [-0.39, 0.29) is 17.7 Å². The minimum Gasteiger partial charge on any atom is -0.455 e. The highest BCUT2D eigenvalue weighted by molar-refractivity contribution is 5.89. The van der Waals surface area contributed by atoms with Gasteiger partial charge in [0.05, 0.1) is 5.56 Å². The third kappa shape index (κ3) is 4.75. The predicted octanol–water partition coefficient (Wildman–Crippen LogP) is 5.03. The van der Waals surface area contributed by atoms with Crippen LogP contribution >= 0.6 is 0 Å². The van der Waals surface area contributed by atoms with Crippen LogP contribution in [-0.2, 0) is 4.74 Å². The summed E-state index contributed by atoms with van der Waals surface area (Å²) in [5.41, 5.74) is 1.06. The molecule has 0 N–H and O–H groups in total. The van der Waals surface area contributed by atoms with Crippen molar-refractivity contribution in [1.82, 2.24) is 4.90 Å². The SMILES string of the molecule is CN(C)CC(c1ccccc1)C1(OC(=O)c2ccc(F)cc2)CCCCC1. The number of carbonyl (C=O) groups is 1. The number of hydrogen-bond acceptors (Lipinski definition) is 3. The van der Waals surface area contributed by atoms with Crippen molar-refractivity contribution in [2.75, 3.05) is 20.6 Å². The Morgan fingerprint density at radius 3 is 2.26 bits per heavy atom. The van der Waals surface area contributed by atoms with Crippen LogP contribution in [0.1, 0.15) is 53.9 Å². The van der Waals surface area contributed by atoms with Gasteiger partial charge in [-0.3, -0.25) is 0 Å². The first-order chi connectivity index (χ1) is 13.0. The number of nitrogens with zero attached hydrogens (tertiary/aromatic N) is 1. The summed E-state index contributed by atoms with van der Waals surface area (Å²) >= 11 is 0. The van der Waals surface area contributed by atoms with Crippen molar-refractivity contribution < 1.29 is 13.9 Å². The number of benzene rings is 2. The van der Waals surface area contributed by atoms with Crippen molar-refractivity contribution in [3.63, 3.8) is 0 Å². The molecular formula is C23H28FNO2. The fourth-order valence-electron chi connectivity index (χ4n) is 4.13. The monoisotopic (exact) mass is 369 g/mol. The lowest BCUT2D eigenvalue weighted by atomic mass is 9.72. The quantitative estimate of drug-likeness (QED) is 0.669. The predicted molar refractivity (Wildman–Crippen MR) is 105 cm³/mol.